The first-order valence-corrected chi connectivity index (χ1v) is 9.28. The fraction of sp³-hybridized carbons (Fsp3) is 0.381. The van der Waals surface area contributed by atoms with Crippen molar-refractivity contribution in [1.29, 1.82) is 15.8 Å². The van der Waals surface area contributed by atoms with Crippen LogP contribution in [0.3, 0.4) is 0 Å². The monoisotopic (exact) mass is 375 g/mol. The molecule has 0 spiro atoms. The van der Waals surface area contributed by atoms with E-state index < -0.39 is 11.3 Å². The number of nitrogens with two attached hydrogens (primary N) is 1. The predicted molar refractivity (Wildman–Crippen MR) is 101 cm³/mol. The molecule has 1 fully saturated rings. The Kier molecular flexibility index (Phi) is 4.01. The lowest BCUT2D eigenvalue weighted by atomic mass is 9.56. The second-order valence-electron chi connectivity index (χ2n) is 7.49. The van der Waals surface area contributed by atoms with Gasteiger partial charge in [0, 0.05) is 28.9 Å². The van der Waals surface area contributed by atoms with Gasteiger partial charge < -0.3 is 5.73 Å². The maximum Gasteiger partial charge on any atom is 0.191 e. The minimum Gasteiger partial charge on any atom is -0.399 e. The minimum absolute atomic E-state index is 0.0707. The third-order valence-electron chi connectivity index (χ3n) is 6.45. The zero-order chi connectivity index (χ0) is 19.3. The first-order valence-electron chi connectivity index (χ1n) is 8.90. The molecule has 0 amide bonds. The van der Waals surface area contributed by atoms with E-state index in [1.807, 2.05) is 12.1 Å². The van der Waals surface area contributed by atoms with Crippen molar-refractivity contribution in [3.8, 4) is 18.2 Å². The van der Waals surface area contributed by atoms with E-state index in [2.05, 4.69) is 36.2 Å². The Labute approximate surface area is 163 Å². The third kappa shape index (κ3) is 2.25. The van der Waals surface area contributed by atoms with E-state index >= 15 is 0 Å². The first-order chi connectivity index (χ1) is 13.0. The number of nitrogens with zero attached hydrogens (tertiary/aromatic N) is 4. The Hall–Kier alpha value is -2.78. The smallest absolute Gasteiger partial charge is 0.191 e. The van der Waals surface area contributed by atoms with Crippen LogP contribution in [0.4, 0.5) is 0 Å². The number of hydrogen-bond acceptors (Lipinski definition) is 5. The van der Waals surface area contributed by atoms with E-state index in [1.165, 1.54) is 0 Å². The summed E-state index contributed by atoms with van der Waals surface area (Å²) < 4.78 is 0. The number of benzene rings is 1. The fourth-order valence-electron chi connectivity index (χ4n) is 5.13. The van der Waals surface area contributed by atoms with Gasteiger partial charge in [0.15, 0.2) is 5.41 Å². The molecule has 4 atom stereocenters. The summed E-state index contributed by atoms with van der Waals surface area (Å²) in [5, 5.41) is 30.6. The molecule has 1 saturated heterocycles. The quantitative estimate of drug-likeness (QED) is 0.812. The van der Waals surface area contributed by atoms with Gasteiger partial charge in [0.1, 0.15) is 6.07 Å². The largest absolute Gasteiger partial charge is 0.399 e. The number of nitriles is 3. The molecule has 6 heteroatoms. The van der Waals surface area contributed by atoms with Crippen LogP contribution in [-0.2, 0) is 0 Å². The molecule has 2 bridgehead atoms. The number of hydrogen-bond donors (Lipinski definition) is 1. The molecule has 134 valence electrons. The molecular weight excluding hydrogens is 358 g/mol. The van der Waals surface area contributed by atoms with Crippen LogP contribution in [-0.4, -0.2) is 24.0 Å². The first kappa shape index (κ1) is 17.6. The predicted octanol–water partition coefficient (Wildman–Crippen LogP) is 3.23. The SMILES string of the molecule is CN1[C@@H]2CC[C@@H]1C=C1C(C#N)=C(N)C(C#N)(C#N)[C@@H](c3ccc(Cl)cc3)[C@@H]12. The van der Waals surface area contributed by atoms with E-state index in [4.69, 9.17) is 17.3 Å². The third-order valence-corrected chi connectivity index (χ3v) is 6.70. The molecule has 3 aliphatic rings. The Morgan fingerprint density at radius 2 is 1.81 bits per heavy atom. The number of fused-ring (bicyclic) bond motifs is 4. The highest BCUT2D eigenvalue weighted by Gasteiger charge is 2.58. The Balaban J connectivity index is 2.04. The van der Waals surface area contributed by atoms with Crippen molar-refractivity contribution in [3.05, 3.63) is 57.8 Å². The molecule has 4 rings (SSSR count). The summed E-state index contributed by atoms with van der Waals surface area (Å²) in [5.74, 6) is -0.601. The summed E-state index contributed by atoms with van der Waals surface area (Å²) >= 11 is 6.06. The summed E-state index contributed by atoms with van der Waals surface area (Å²) in [6.07, 6.45) is 4.07. The lowest BCUT2D eigenvalue weighted by Gasteiger charge is -2.48. The van der Waals surface area contributed by atoms with Crippen LogP contribution in [0.15, 0.2) is 47.2 Å². The van der Waals surface area contributed by atoms with Gasteiger partial charge in [-0.05, 0) is 43.2 Å². The van der Waals surface area contributed by atoms with Crippen molar-refractivity contribution in [3.63, 3.8) is 0 Å². The van der Waals surface area contributed by atoms with Gasteiger partial charge in [-0.1, -0.05) is 29.8 Å². The van der Waals surface area contributed by atoms with Crippen LogP contribution >= 0.6 is 11.6 Å². The number of rotatable bonds is 1. The van der Waals surface area contributed by atoms with Gasteiger partial charge in [0.2, 0.25) is 0 Å². The highest BCUT2D eigenvalue weighted by molar-refractivity contribution is 6.30. The van der Waals surface area contributed by atoms with Gasteiger partial charge in [-0.3, -0.25) is 4.90 Å². The highest BCUT2D eigenvalue weighted by Crippen LogP contribution is 2.58. The molecule has 2 heterocycles. The van der Waals surface area contributed by atoms with Crippen molar-refractivity contribution in [2.45, 2.75) is 30.8 Å². The lowest BCUT2D eigenvalue weighted by Crippen LogP contribution is -2.51. The zero-order valence-corrected chi connectivity index (χ0v) is 15.6. The fourth-order valence-corrected chi connectivity index (χ4v) is 5.26. The second-order valence-corrected chi connectivity index (χ2v) is 7.92. The topological polar surface area (TPSA) is 101 Å². The number of halogens is 1. The summed E-state index contributed by atoms with van der Waals surface area (Å²) in [7, 11) is 2.07. The molecule has 2 N–H and O–H groups in total. The minimum atomic E-state index is -1.59. The van der Waals surface area contributed by atoms with E-state index in [-0.39, 0.29) is 23.7 Å². The van der Waals surface area contributed by atoms with E-state index in [9.17, 15) is 15.8 Å². The van der Waals surface area contributed by atoms with E-state index in [1.54, 1.807) is 12.1 Å². The standard InChI is InChI=1S/C21H18ClN5/c1-27-14-6-7-17(27)18-15(8-14)16(9-23)20(26)21(10-24,11-25)19(18)12-2-4-13(22)5-3-12/h2-5,8,14,17-19H,6-7,26H2,1H3/t14-,17-,18+,19+/m1/s1. The molecule has 1 aliphatic carbocycles. The average Bonchev–Trinajstić information content (AvgIpc) is 2.91. The van der Waals surface area contributed by atoms with Crippen molar-refractivity contribution < 1.29 is 0 Å². The van der Waals surface area contributed by atoms with Crippen molar-refractivity contribution in [2.24, 2.45) is 17.1 Å². The summed E-state index contributed by atoms with van der Waals surface area (Å²) in [6.45, 7) is 0. The molecule has 1 aromatic rings. The van der Waals surface area contributed by atoms with Gasteiger partial charge >= 0.3 is 0 Å². The molecule has 0 saturated carbocycles. The molecular formula is C21H18ClN5. The van der Waals surface area contributed by atoms with Gasteiger partial charge in [-0.2, -0.15) is 15.8 Å². The van der Waals surface area contributed by atoms with Gasteiger partial charge in [-0.25, -0.2) is 0 Å². The molecule has 0 radical (unpaired) electrons. The summed E-state index contributed by atoms with van der Waals surface area (Å²) in [5.41, 5.74) is 6.86. The Bertz CT molecular complexity index is 971. The zero-order valence-electron chi connectivity index (χ0n) is 14.9. The molecule has 5 nitrogen and oxygen atoms in total. The van der Waals surface area contributed by atoms with Crippen LogP contribution in [0.1, 0.15) is 24.3 Å². The second kappa shape index (κ2) is 6.14. The normalized spacial score (nSPS) is 31.3. The van der Waals surface area contributed by atoms with Crippen LogP contribution in [0, 0.1) is 45.3 Å². The maximum absolute atomic E-state index is 10.1. The van der Waals surface area contributed by atoms with Crippen molar-refractivity contribution >= 4 is 11.6 Å². The van der Waals surface area contributed by atoms with Gasteiger partial charge in [0.25, 0.3) is 0 Å². The van der Waals surface area contributed by atoms with Crippen LogP contribution < -0.4 is 5.73 Å². The lowest BCUT2D eigenvalue weighted by molar-refractivity contribution is 0.160. The van der Waals surface area contributed by atoms with Crippen LogP contribution in [0.5, 0.6) is 0 Å². The van der Waals surface area contributed by atoms with Crippen LogP contribution in [0.25, 0.3) is 0 Å². The molecule has 0 unspecified atom stereocenters. The van der Waals surface area contributed by atoms with Crippen molar-refractivity contribution in [2.75, 3.05) is 7.05 Å². The molecule has 1 aromatic carbocycles. The Morgan fingerprint density at radius 3 is 2.41 bits per heavy atom. The number of likely N-dealkylation sites (N-methyl/N-ethyl adjacent to an activating group) is 1. The van der Waals surface area contributed by atoms with Gasteiger partial charge in [-0.15, -0.1) is 0 Å². The summed E-state index contributed by atoms with van der Waals surface area (Å²) in [6, 6.07) is 14.2. The molecule has 0 aromatic heterocycles. The number of allylic oxidation sites excluding steroid dienone is 2. The van der Waals surface area contributed by atoms with E-state index in [0.29, 0.717) is 10.6 Å². The van der Waals surface area contributed by atoms with Gasteiger partial charge in [0.05, 0.1) is 23.4 Å². The maximum atomic E-state index is 10.1. The molecule has 27 heavy (non-hydrogen) atoms. The van der Waals surface area contributed by atoms with E-state index in [0.717, 1.165) is 24.0 Å². The molecule has 2 aliphatic heterocycles. The summed E-state index contributed by atoms with van der Waals surface area (Å²) in [4.78, 5) is 2.30. The average molecular weight is 376 g/mol. The van der Waals surface area contributed by atoms with Crippen LogP contribution in [0.2, 0.25) is 5.02 Å². The highest BCUT2D eigenvalue weighted by atomic mass is 35.5. The Morgan fingerprint density at radius 1 is 1.15 bits per heavy atom. The van der Waals surface area contributed by atoms with Crippen molar-refractivity contribution in [1.82, 2.24) is 4.90 Å².